The van der Waals surface area contributed by atoms with E-state index in [1.165, 1.54) is 4.90 Å². The Kier molecular flexibility index (Phi) is 3.61. The highest BCUT2D eigenvalue weighted by atomic mass is 32.2. The van der Waals surface area contributed by atoms with Gasteiger partial charge in [0.25, 0.3) is 11.1 Å². The Morgan fingerprint density at radius 3 is 2.33 bits per heavy atom. The van der Waals surface area contributed by atoms with Crippen molar-refractivity contribution in [3.05, 3.63) is 29.8 Å². The average molecular weight is 264 g/mol. The molecule has 1 aromatic rings. The molecule has 0 aromatic heterocycles. The quantitative estimate of drug-likeness (QED) is 0.912. The molecule has 0 bridgehead atoms. The summed E-state index contributed by atoms with van der Waals surface area (Å²) < 4.78 is 0. The minimum Gasteiger partial charge on any atom is -0.365 e. The van der Waals surface area contributed by atoms with Gasteiger partial charge in [0.2, 0.25) is 0 Å². The lowest BCUT2D eigenvalue weighted by Gasteiger charge is -2.18. The largest absolute Gasteiger partial charge is 0.365 e. The summed E-state index contributed by atoms with van der Waals surface area (Å²) in [7, 11) is 0. The van der Waals surface area contributed by atoms with Crippen molar-refractivity contribution in [1.29, 1.82) is 0 Å². The number of benzene rings is 1. The third kappa shape index (κ3) is 2.51. The normalized spacial score (nSPS) is 19.8. The van der Waals surface area contributed by atoms with Gasteiger partial charge in [0, 0.05) is 11.7 Å². The van der Waals surface area contributed by atoms with E-state index >= 15 is 0 Å². The van der Waals surface area contributed by atoms with Crippen molar-refractivity contribution >= 4 is 28.6 Å². The predicted molar refractivity (Wildman–Crippen MR) is 73.6 cm³/mol. The van der Waals surface area contributed by atoms with Gasteiger partial charge in [0.1, 0.15) is 0 Å². The lowest BCUT2D eigenvalue weighted by Crippen LogP contribution is -2.38. The van der Waals surface area contributed by atoms with Crippen LogP contribution in [0.3, 0.4) is 0 Å². The van der Waals surface area contributed by atoms with Gasteiger partial charge in [-0.05, 0) is 44.7 Å². The van der Waals surface area contributed by atoms with E-state index in [0.29, 0.717) is 0 Å². The molecule has 0 aliphatic carbocycles. The first kappa shape index (κ1) is 13.0. The highest BCUT2D eigenvalue weighted by Gasteiger charge is 2.40. The molecule has 1 heterocycles. The van der Waals surface area contributed by atoms with E-state index in [2.05, 4.69) is 5.32 Å². The molecular formula is C13H16N2O2S. The van der Waals surface area contributed by atoms with E-state index < -0.39 is 5.37 Å². The van der Waals surface area contributed by atoms with Crippen molar-refractivity contribution in [2.75, 3.05) is 5.32 Å². The first-order chi connectivity index (χ1) is 8.49. The molecule has 1 N–H and O–H groups in total. The fraction of sp³-hybridized carbons (Fsp3) is 0.385. The van der Waals surface area contributed by atoms with E-state index in [1.807, 2.05) is 45.0 Å². The molecule has 96 valence electrons. The van der Waals surface area contributed by atoms with E-state index in [9.17, 15) is 9.59 Å². The molecular weight excluding hydrogens is 248 g/mol. The van der Waals surface area contributed by atoms with Crippen molar-refractivity contribution in [1.82, 2.24) is 4.90 Å². The van der Waals surface area contributed by atoms with Gasteiger partial charge in [-0.1, -0.05) is 17.7 Å². The summed E-state index contributed by atoms with van der Waals surface area (Å²) in [6.07, 6.45) is 0. The van der Waals surface area contributed by atoms with Crippen LogP contribution in [0, 0.1) is 6.92 Å². The molecule has 4 nitrogen and oxygen atoms in total. The first-order valence-electron chi connectivity index (χ1n) is 5.86. The highest BCUT2D eigenvalue weighted by molar-refractivity contribution is 8.15. The number of aryl methyl sites for hydroxylation is 1. The number of imide groups is 1. The van der Waals surface area contributed by atoms with Crippen LogP contribution in [-0.4, -0.2) is 27.5 Å². The second kappa shape index (κ2) is 5.02. The molecule has 2 amide bonds. The Balaban J connectivity index is 2.10. The number of hydrogen-bond acceptors (Lipinski definition) is 4. The number of rotatable bonds is 3. The predicted octanol–water partition coefficient (Wildman–Crippen LogP) is 2.84. The maximum Gasteiger partial charge on any atom is 0.291 e. The summed E-state index contributed by atoms with van der Waals surface area (Å²) in [4.78, 5) is 25.1. The summed E-state index contributed by atoms with van der Waals surface area (Å²) >= 11 is 1.04. The molecule has 18 heavy (non-hydrogen) atoms. The lowest BCUT2D eigenvalue weighted by atomic mass is 10.2. The molecule has 1 atom stereocenters. The monoisotopic (exact) mass is 264 g/mol. The van der Waals surface area contributed by atoms with Crippen LogP contribution in [0.5, 0.6) is 0 Å². The molecule has 5 heteroatoms. The number of carbonyl (C=O) groups excluding carboxylic acids is 2. The SMILES string of the molecule is Cc1ccc(N[C@@H]2SC(=O)N(C(C)C)C2=O)cc1. The van der Waals surface area contributed by atoms with Crippen molar-refractivity contribution in [3.63, 3.8) is 0 Å². The molecule has 0 saturated carbocycles. The van der Waals surface area contributed by atoms with Gasteiger partial charge in [-0.25, -0.2) is 0 Å². The molecule has 1 aliphatic rings. The molecule has 0 radical (unpaired) electrons. The van der Waals surface area contributed by atoms with Gasteiger partial charge < -0.3 is 5.32 Å². The minimum absolute atomic E-state index is 0.0951. The third-order valence-corrected chi connectivity index (χ3v) is 3.70. The summed E-state index contributed by atoms with van der Waals surface area (Å²) in [6, 6.07) is 7.66. The zero-order valence-corrected chi connectivity index (χ0v) is 11.5. The maximum atomic E-state index is 12.1. The fourth-order valence-corrected chi connectivity index (χ4v) is 2.81. The van der Waals surface area contributed by atoms with Crippen LogP contribution in [0.2, 0.25) is 0 Å². The van der Waals surface area contributed by atoms with E-state index in [-0.39, 0.29) is 17.2 Å². The third-order valence-electron chi connectivity index (χ3n) is 2.74. The minimum atomic E-state index is -0.511. The number of anilines is 1. The van der Waals surface area contributed by atoms with Crippen LogP contribution in [0.1, 0.15) is 19.4 Å². The maximum absolute atomic E-state index is 12.1. The van der Waals surface area contributed by atoms with Crippen molar-refractivity contribution in [3.8, 4) is 0 Å². The second-order valence-corrected chi connectivity index (χ2v) is 5.63. The van der Waals surface area contributed by atoms with Crippen molar-refractivity contribution < 1.29 is 9.59 Å². The summed E-state index contributed by atoms with van der Waals surface area (Å²) in [6.45, 7) is 5.68. The van der Waals surface area contributed by atoms with E-state index in [4.69, 9.17) is 0 Å². The van der Waals surface area contributed by atoms with Gasteiger partial charge in [-0.15, -0.1) is 0 Å². The molecule has 0 unspecified atom stereocenters. The van der Waals surface area contributed by atoms with Crippen LogP contribution >= 0.6 is 11.8 Å². The van der Waals surface area contributed by atoms with Gasteiger partial charge in [0.15, 0.2) is 5.37 Å². The number of nitrogens with one attached hydrogen (secondary N) is 1. The molecule has 0 spiro atoms. The Morgan fingerprint density at radius 1 is 1.22 bits per heavy atom. The second-order valence-electron chi connectivity index (χ2n) is 4.58. The topological polar surface area (TPSA) is 49.4 Å². The molecule has 1 saturated heterocycles. The average Bonchev–Trinajstić information content (AvgIpc) is 2.57. The number of carbonyl (C=O) groups is 2. The van der Waals surface area contributed by atoms with Gasteiger partial charge in [0.05, 0.1) is 0 Å². The van der Waals surface area contributed by atoms with Crippen molar-refractivity contribution in [2.45, 2.75) is 32.2 Å². The zero-order valence-electron chi connectivity index (χ0n) is 10.6. The smallest absolute Gasteiger partial charge is 0.291 e. The van der Waals surface area contributed by atoms with Gasteiger partial charge in [-0.2, -0.15) is 0 Å². The number of nitrogens with zero attached hydrogens (tertiary/aromatic N) is 1. The van der Waals surface area contributed by atoms with E-state index in [1.54, 1.807) is 0 Å². The fourth-order valence-electron chi connectivity index (χ4n) is 1.78. The van der Waals surface area contributed by atoms with Gasteiger partial charge in [-0.3, -0.25) is 14.5 Å². The molecule has 1 aliphatic heterocycles. The summed E-state index contributed by atoms with van der Waals surface area (Å²) in [5, 5.41) is 2.39. The number of thioether (sulfide) groups is 1. The Hall–Kier alpha value is -1.49. The summed E-state index contributed by atoms with van der Waals surface area (Å²) in [5.41, 5.74) is 2.01. The summed E-state index contributed by atoms with van der Waals surface area (Å²) in [5.74, 6) is -0.166. The zero-order chi connectivity index (χ0) is 13.3. The Labute approximate surface area is 111 Å². The van der Waals surface area contributed by atoms with E-state index in [0.717, 1.165) is 23.0 Å². The van der Waals surface area contributed by atoms with Crippen LogP contribution in [-0.2, 0) is 4.79 Å². The van der Waals surface area contributed by atoms with Crippen LogP contribution in [0.25, 0.3) is 0 Å². The first-order valence-corrected chi connectivity index (χ1v) is 6.74. The molecule has 1 fully saturated rings. The Morgan fingerprint density at radius 2 is 1.83 bits per heavy atom. The van der Waals surface area contributed by atoms with Gasteiger partial charge >= 0.3 is 0 Å². The van der Waals surface area contributed by atoms with Crippen molar-refractivity contribution in [2.24, 2.45) is 0 Å². The standard InChI is InChI=1S/C13H16N2O2S/c1-8(2)15-12(16)11(18-13(15)17)14-10-6-4-9(3)5-7-10/h4-8,11,14H,1-3H3/t11-/m1/s1. The highest BCUT2D eigenvalue weighted by Crippen LogP contribution is 2.29. The van der Waals surface area contributed by atoms with Crippen LogP contribution < -0.4 is 5.32 Å². The lowest BCUT2D eigenvalue weighted by molar-refractivity contribution is -0.127. The Bertz CT molecular complexity index is 470. The number of amides is 2. The molecule has 2 rings (SSSR count). The number of hydrogen-bond donors (Lipinski definition) is 1. The van der Waals surface area contributed by atoms with Crippen LogP contribution in [0.4, 0.5) is 10.5 Å². The molecule has 1 aromatic carbocycles. The van der Waals surface area contributed by atoms with Crippen LogP contribution in [0.15, 0.2) is 24.3 Å².